The van der Waals surface area contributed by atoms with E-state index in [1.165, 1.54) is 12.1 Å². The first-order valence-electron chi connectivity index (χ1n) is 7.82. The molecule has 0 amide bonds. The minimum absolute atomic E-state index is 0.0393. The highest BCUT2D eigenvalue weighted by Crippen LogP contribution is 2.31. The molecule has 1 fully saturated rings. The third-order valence-corrected chi connectivity index (χ3v) is 4.29. The van der Waals surface area contributed by atoms with Crippen molar-refractivity contribution in [2.75, 3.05) is 36.0 Å². The van der Waals surface area contributed by atoms with Crippen LogP contribution in [0.5, 0.6) is 0 Å². The molecule has 0 aromatic heterocycles. The molecule has 8 heteroatoms. The van der Waals surface area contributed by atoms with Crippen LogP contribution in [-0.4, -0.2) is 36.2 Å². The summed E-state index contributed by atoms with van der Waals surface area (Å²) in [7, 11) is 0. The van der Waals surface area contributed by atoms with Gasteiger partial charge in [0.2, 0.25) is 0 Å². The number of hydrogen-bond donors (Lipinski definition) is 1. The predicted molar refractivity (Wildman–Crippen MR) is 89.8 cm³/mol. The van der Waals surface area contributed by atoms with Gasteiger partial charge in [0.15, 0.2) is 0 Å². The van der Waals surface area contributed by atoms with Crippen LogP contribution in [0.1, 0.15) is 5.56 Å². The summed E-state index contributed by atoms with van der Waals surface area (Å²) in [6.07, 6.45) is 0. The number of nitro groups is 1. The topological polar surface area (TPSA) is 69.8 Å². The van der Waals surface area contributed by atoms with Gasteiger partial charge in [0.25, 0.3) is 5.69 Å². The molecule has 1 saturated heterocycles. The van der Waals surface area contributed by atoms with Crippen LogP contribution >= 0.6 is 0 Å². The summed E-state index contributed by atoms with van der Waals surface area (Å²) in [6.45, 7) is 1.44. The lowest BCUT2D eigenvalue weighted by Gasteiger charge is -2.37. The Labute approximate surface area is 143 Å². The Hall–Kier alpha value is -2.74. The Balaban J connectivity index is 1.80. The second kappa shape index (κ2) is 7.02. The Morgan fingerprint density at radius 2 is 1.64 bits per heavy atom. The van der Waals surface area contributed by atoms with Gasteiger partial charge < -0.3 is 14.9 Å². The standard InChI is InChI=1S/C17H17F2N3O3/c18-13-2-3-14(19)16(10-13)20-5-7-21(8-6-20)17-9-12(11-23)1-4-15(17)22(24)25/h1-4,9-10,23H,5-8,11H2. The average Bonchev–Trinajstić information content (AvgIpc) is 2.63. The molecular weight excluding hydrogens is 332 g/mol. The van der Waals surface area contributed by atoms with Crippen LogP contribution in [-0.2, 0) is 6.61 Å². The first-order valence-corrected chi connectivity index (χ1v) is 7.82. The summed E-state index contributed by atoms with van der Waals surface area (Å²) in [6, 6.07) is 7.79. The lowest BCUT2D eigenvalue weighted by molar-refractivity contribution is -0.384. The third-order valence-electron chi connectivity index (χ3n) is 4.29. The molecule has 2 aromatic carbocycles. The first kappa shape index (κ1) is 17.1. The molecule has 0 spiro atoms. The maximum absolute atomic E-state index is 13.9. The largest absolute Gasteiger partial charge is 0.392 e. The molecular formula is C17H17F2N3O3. The minimum atomic E-state index is -0.509. The molecule has 1 aliphatic rings. The molecule has 1 N–H and O–H groups in total. The van der Waals surface area contributed by atoms with Gasteiger partial charge in [-0.1, -0.05) is 0 Å². The molecule has 0 unspecified atom stereocenters. The fraction of sp³-hybridized carbons (Fsp3) is 0.294. The normalized spacial score (nSPS) is 14.7. The first-order chi connectivity index (χ1) is 12.0. The van der Waals surface area contributed by atoms with Crippen molar-refractivity contribution in [1.29, 1.82) is 0 Å². The Kier molecular flexibility index (Phi) is 4.80. The molecule has 0 atom stereocenters. The van der Waals surface area contributed by atoms with Crippen molar-refractivity contribution in [3.05, 3.63) is 63.7 Å². The van der Waals surface area contributed by atoms with E-state index in [1.807, 2.05) is 4.90 Å². The monoisotopic (exact) mass is 349 g/mol. The second-order valence-electron chi connectivity index (χ2n) is 5.81. The fourth-order valence-corrected chi connectivity index (χ4v) is 2.99. The number of aliphatic hydroxyl groups is 1. The van der Waals surface area contributed by atoms with Crippen molar-refractivity contribution in [3.8, 4) is 0 Å². The number of nitro benzene ring substituents is 1. The van der Waals surface area contributed by atoms with Gasteiger partial charge in [-0.05, 0) is 29.8 Å². The number of anilines is 2. The SMILES string of the molecule is O=[N+]([O-])c1ccc(CO)cc1N1CCN(c2cc(F)ccc2F)CC1. The van der Waals surface area contributed by atoms with Gasteiger partial charge in [-0.15, -0.1) is 0 Å². The molecule has 0 radical (unpaired) electrons. The molecule has 25 heavy (non-hydrogen) atoms. The highest BCUT2D eigenvalue weighted by Gasteiger charge is 2.25. The van der Waals surface area contributed by atoms with E-state index in [0.717, 1.165) is 18.2 Å². The highest BCUT2D eigenvalue weighted by atomic mass is 19.1. The van der Waals surface area contributed by atoms with Crippen molar-refractivity contribution < 1.29 is 18.8 Å². The van der Waals surface area contributed by atoms with Gasteiger partial charge in [0.05, 0.1) is 17.2 Å². The highest BCUT2D eigenvalue weighted by molar-refractivity contribution is 5.65. The smallest absolute Gasteiger partial charge is 0.292 e. The van der Waals surface area contributed by atoms with Gasteiger partial charge >= 0.3 is 0 Å². The number of rotatable bonds is 4. The van der Waals surface area contributed by atoms with Gasteiger partial charge in [0.1, 0.15) is 17.3 Å². The summed E-state index contributed by atoms with van der Waals surface area (Å²) < 4.78 is 27.3. The number of hydrogen-bond acceptors (Lipinski definition) is 5. The number of benzene rings is 2. The lowest BCUT2D eigenvalue weighted by atomic mass is 10.1. The fourth-order valence-electron chi connectivity index (χ4n) is 2.99. The zero-order valence-electron chi connectivity index (χ0n) is 13.4. The summed E-state index contributed by atoms with van der Waals surface area (Å²) in [5, 5.41) is 20.5. The zero-order chi connectivity index (χ0) is 18.0. The van der Waals surface area contributed by atoms with Crippen LogP contribution < -0.4 is 9.80 Å². The summed E-state index contributed by atoms with van der Waals surface area (Å²) in [5.41, 5.74) is 1.16. The second-order valence-corrected chi connectivity index (χ2v) is 5.81. The number of piperazine rings is 1. The summed E-state index contributed by atoms with van der Waals surface area (Å²) in [5.74, 6) is -1.01. The maximum atomic E-state index is 13.9. The van der Waals surface area contributed by atoms with E-state index >= 15 is 0 Å². The van der Waals surface area contributed by atoms with Crippen LogP contribution in [0.25, 0.3) is 0 Å². The van der Waals surface area contributed by atoms with Crippen LogP contribution in [0.15, 0.2) is 36.4 Å². The predicted octanol–water partition coefficient (Wildman–Crippen LogP) is 2.69. The van der Waals surface area contributed by atoms with E-state index in [-0.39, 0.29) is 18.0 Å². The van der Waals surface area contributed by atoms with Crippen molar-refractivity contribution in [2.45, 2.75) is 6.61 Å². The van der Waals surface area contributed by atoms with Gasteiger partial charge in [-0.3, -0.25) is 10.1 Å². The van der Waals surface area contributed by atoms with E-state index in [0.29, 0.717) is 37.4 Å². The molecule has 0 bridgehead atoms. The van der Waals surface area contributed by atoms with Crippen LogP contribution in [0.2, 0.25) is 0 Å². The zero-order valence-corrected chi connectivity index (χ0v) is 13.4. The van der Waals surface area contributed by atoms with Crippen LogP contribution in [0.4, 0.5) is 25.8 Å². The summed E-state index contributed by atoms with van der Waals surface area (Å²) >= 11 is 0. The van der Waals surface area contributed by atoms with Gasteiger partial charge in [-0.25, -0.2) is 8.78 Å². The van der Waals surface area contributed by atoms with Crippen LogP contribution in [0.3, 0.4) is 0 Å². The van der Waals surface area contributed by atoms with Gasteiger partial charge in [0, 0.05) is 38.3 Å². The molecule has 132 valence electrons. The van der Waals surface area contributed by atoms with Crippen molar-refractivity contribution in [1.82, 2.24) is 0 Å². The minimum Gasteiger partial charge on any atom is -0.392 e. The molecule has 3 rings (SSSR count). The van der Waals surface area contributed by atoms with E-state index in [9.17, 15) is 24.0 Å². The Morgan fingerprint density at radius 3 is 2.24 bits per heavy atom. The number of halogens is 2. The Bertz CT molecular complexity index is 793. The van der Waals surface area contributed by atoms with E-state index in [2.05, 4.69) is 0 Å². The maximum Gasteiger partial charge on any atom is 0.292 e. The van der Waals surface area contributed by atoms with E-state index in [4.69, 9.17) is 0 Å². The van der Waals surface area contributed by atoms with Crippen molar-refractivity contribution >= 4 is 17.1 Å². The number of nitrogens with zero attached hydrogens (tertiary/aromatic N) is 3. The third kappa shape index (κ3) is 3.53. The van der Waals surface area contributed by atoms with Crippen molar-refractivity contribution in [2.24, 2.45) is 0 Å². The lowest BCUT2D eigenvalue weighted by Crippen LogP contribution is -2.47. The van der Waals surface area contributed by atoms with Crippen molar-refractivity contribution in [3.63, 3.8) is 0 Å². The molecule has 1 aliphatic heterocycles. The number of aliphatic hydroxyl groups excluding tert-OH is 1. The molecule has 0 saturated carbocycles. The van der Waals surface area contributed by atoms with E-state index in [1.54, 1.807) is 11.0 Å². The molecule has 0 aliphatic carbocycles. The quantitative estimate of drug-likeness (QED) is 0.679. The summed E-state index contributed by atoms with van der Waals surface area (Å²) in [4.78, 5) is 14.3. The van der Waals surface area contributed by atoms with E-state index < -0.39 is 16.6 Å². The average molecular weight is 349 g/mol. The van der Waals surface area contributed by atoms with Crippen LogP contribution in [0, 0.1) is 21.7 Å². The molecule has 6 nitrogen and oxygen atoms in total. The Morgan fingerprint density at radius 1 is 1.00 bits per heavy atom. The molecule has 1 heterocycles. The van der Waals surface area contributed by atoms with Gasteiger partial charge in [-0.2, -0.15) is 0 Å². The molecule has 2 aromatic rings.